The molecule has 3 aliphatic carbocycles. The number of hydrogen-bond acceptors (Lipinski definition) is 0. The van der Waals surface area contributed by atoms with Crippen LogP contribution in [0.25, 0.3) is 83.1 Å². The van der Waals surface area contributed by atoms with E-state index in [0.717, 1.165) is 0 Å². The van der Waals surface area contributed by atoms with Crippen LogP contribution in [-0.2, 0) is 16.2 Å². The van der Waals surface area contributed by atoms with Gasteiger partial charge in [-0.05, 0) is 138 Å². The van der Waals surface area contributed by atoms with Crippen LogP contribution in [0.2, 0.25) is 0 Å². The van der Waals surface area contributed by atoms with Crippen molar-refractivity contribution < 1.29 is 0 Å². The van der Waals surface area contributed by atoms with Gasteiger partial charge in [-0.2, -0.15) is 0 Å². The van der Waals surface area contributed by atoms with Crippen molar-refractivity contribution in [3.05, 3.63) is 197 Å². The summed E-state index contributed by atoms with van der Waals surface area (Å²) in [6.45, 7) is 14.4. The van der Waals surface area contributed by atoms with Crippen LogP contribution in [0.5, 0.6) is 0 Å². The second kappa shape index (κ2) is 11.4. The summed E-state index contributed by atoms with van der Waals surface area (Å²) in [4.78, 5) is 0. The predicted molar refractivity (Wildman–Crippen MR) is 244 cm³/mol. The Bertz CT molecular complexity index is 3200. The van der Waals surface area contributed by atoms with Crippen LogP contribution in [-0.4, -0.2) is 4.57 Å². The molecule has 0 spiro atoms. The van der Waals surface area contributed by atoms with Gasteiger partial charge in [-0.1, -0.05) is 157 Å². The zero-order chi connectivity index (χ0) is 39.3. The molecule has 0 aliphatic heterocycles. The molecule has 0 bridgehead atoms. The van der Waals surface area contributed by atoms with Gasteiger partial charge in [-0.25, -0.2) is 0 Å². The fourth-order valence-electron chi connectivity index (χ4n) is 11.2. The number of nitrogens with zero attached hydrogens (tertiary/aromatic N) is 1. The van der Waals surface area contributed by atoms with Crippen LogP contribution in [0.4, 0.5) is 0 Å². The summed E-state index contributed by atoms with van der Waals surface area (Å²) in [7, 11) is 0. The molecule has 8 aromatic carbocycles. The molecular formula is C57H45N. The SMILES string of the molecule is CC1(C)c2ccccc2-c2ccc(-c3ccc4c(c3)C(C)(C)c3cc(-c5ccc6c(c5)C(C)(C)c5cc(-n7c8ccccc8c8ccccc87)ccc5-6)ccc3-4)cc21. The number of rotatable bonds is 3. The second-order valence-corrected chi connectivity index (χ2v) is 18.6. The highest BCUT2D eigenvalue weighted by atomic mass is 15.0. The zero-order valence-electron chi connectivity index (χ0n) is 34.0. The number of benzene rings is 8. The standard InChI is InChI=1S/C57H45N/c1-55(2)47-16-10-7-13-39(47)40-24-19-34(29-48(40)55)35-20-25-41-42-26-21-36(31-50(42)56(3,4)49(41)30-35)37-22-27-43-44-28-23-38(33-52(44)57(5,6)51(43)32-37)58-53-17-11-8-14-45(53)46-15-9-12-18-54(46)58/h7-33H,1-6H3. The average molecular weight is 744 g/mol. The molecule has 1 heterocycles. The van der Waals surface area contributed by atoms with E-state index in [1.807, 2.05) is 0 Å². The van der Waals surface area contributed by atoms with Gasteiger partial charge in [0.2, 0.25) is 0 Å². The molecule has 278 valence electrons. The molecule has 0 saturated carbocycles. The van der Waals surface area contributed by atoms with E-state index in [4.69, 9.17) is 0 Å². The maximum Gasteiger partial charge on any atom is 0.0541 e. The van der Waals surface area contributed by atoms with E-state index in [-0.39, 0.29) is 16.2 Å². The molecule has 58 heavy (non-hydrogen) atoms. The summed E-state index contributed by atoms with van der Waals surface area (Å²) in [5.41, 5.74) is 25.1. The van der Waals surface area contributed by atoms with Gasteiger partial charge < -0.3 is 4.57 Å². The summed E-state index contributed by atoms with van der Waals surface area (Å²) in [5.74, 6) is 0. The minimum atomic E-state index is -0.145. The van der Waals surface area contributed by atoms with Gasteiger partial charge in [0.1, 0.15) is 0 Å². The first kappa shape index (κ1) is 33.7. The zero-order valence-corrected chi connectivity index (χ0v) is 34.0. The fourth-order valence-corrected chi connectivity index (χ4v) is 11.2. The molecule has 0 atom stereocenters. The molecule has 0 saturated heterocycles. The maximum atomic E-state index is 2.47. The van der Waals surface area contributed by atoms with Crippen molar-refractivity contribution in [2.45, 2.75) is 57.8 Å². The number of hydrogen-bond donors (Lipinski definition) is 0. The molecule has 0 N–H and O–H groups in total. The first-order valence-electron chi connectivity index (χ1n) is 20.8. The molecule has 9 aromatic rings. The number of aromatic nitrogens is 1. The third-order valence-corrected chi connectivity index (χ3v) is 14.4. The van der Waals surface area contributed by atoms with Gasteiger partial charge >= 0.3 is 0 Å². The van der Waals surface area contributed by atoms with Gasteiger partial charge in [0.15, 0.2) is 0 Å². The van der Waals surface area contributed by atoms with E-state index in [1.54, 1.807) is 0 Å². The van der Waals surface area contributed by atoms with Gasteiger partial charge in [-0.15, -0.1) is 0 Å². The molecule has 3 aliphatic rings. The van der Waals surface area contributed by atoms with Crippen molar-refractivity contribution in [2.75, 3.05) is 0 Å². The molecule has 0 radical (unpaired) electrons. The molecule has 0 amide bonds. The first-order chi connectivity index (χ1) is 28.0. The Hall–Kier alpha value is -6.44. The van der Waals surface area contributed by atoms with Crippen LogP contribution >= 0.6 is 0 Å². The Morgan fingerprint density at radius 2 is 0.621 bits per heavy atom. The molecule has 1 heteroatoms. The van der Waals surface area contributed by atoms with Crippen LogP contribution in [0.15, 0.2) is 164 Å². The van der Waals surface area contributed by atoms with Gasteiger partial charge in [0.25, 0.3) is 0 Å². The third kappa shape index (κ3) is 4.37. The minimum absolute atomic E-state index is 0.0173. The summed E-state index contributed by atoms with van der Waals surface area (Å²) < 4.78 is 2.44. The van der Waals surface area contributed by atoms with Crippen LogP contribution < -0.4 is 0 Å². The topological polar surface area (TPSA) is 4.93 Å². The highest BCUT2D eigenvalue weighted by Gasteiger charge is 2.39. The minimum Gasteiger partial charge on any atom is -0.309 e. The number of fused-ring (bicyclic) bond motifs is 12. The Morgan fingerprint density at radius 3 is 1.07 bits per heavy atom. The van der Waals surface area contributed by atoms with Gasteiger partial charge in [-0.3, -0.25) is 0 Å². The van der Waals surface area contributed by atoms with Crippen LogP contribution in [0, 0.1) is 0 Å². The van der Waals surface area contributed by atoms with E-state index in [9.17, 15) is 0 Å². The van der Waals surface area contributed by atoms with Crippen molar-refractivity contribution in [3.63, 3.8) is 0 Å². The predicted octanol–water partition coefficient (Wildman–Crippen LogP) is 15.0. The lowest BCUT2D eigenvalue weighted by Gasteiger charge is -2.24. The Balaban J connectivity index is 0.893. The van der Waals surface area contributed by atoms with E-state index >= 15 is 0 Å². The van der Waals surface area contributed by atoms with E-state index in [0.29, 0.717) is 0 Å². The quantitative estimate of drug-likeness (QED) is 0.170. The summed E-state index contributed by atoms with van der Waals surface area (Å²) >= 11 is 0. The molecule has 1 nitrogen and oxygen atoms in total. The molecule has 1 aromatic heterocycles. The van der Waals surface area contributed by atoms with Crippen LogP contribution in [0.3, 0.4) is 0 Å². The van der Waals surface area contributed by atoms with E-state index in [2.05, 4.69) is 210 Å². The maximum absolute atomic E-state index is 2.47. The Morgan fingerprint density at radius 1 is 0.293 bits per heavy atom. The van der Waals surface area contributed by atoms with Gasteiger partial charge in [0, 0.05) is 32.7 Å². The fraction of sp³-hybridized carbons (Fsp3) is 0.158. The third-order valence-electron chi connectivity index (χ3n) is 14.4. The van der Waals surface area contributed by atoms with Crippen molar-refractivity contribution >= 4 is 21.8 Å². The smallest absolute Gasteiger partial charge is 0.0541 e. The van der Waals surface area contributed by atoms with Crippen molar-refractivity contribution in [2.24, 2.45) is 0 Å². The highest BCUT2D eigenvalue weighted by molar-refractivity contribution is 6.09. The monoisotopic (exact) mass is 743 g/mol. The van der Waals surface area contributed by atoms with Crippen molar-refractivity contribution in [3.8, 4) is 61.3 Å². The summed E-state index contributed by atoms with van der Waals surface area (Å²) in [6, 6.07) is 62.3. The lowest BCUT2D eigenvalue weighted by atomic mass is 9.79. The van der Waals surface area contributed by atoms with Crippen molar-refractivity contribution in [1.29, 1.82) is 0 Å². The summed E-state index contributed by atoms with van der Waals surface area (Å²) in [6.07, 6.45) is 0. The van der Waals surface area contributed by atoms with Crippen molar-refractivity contribution in [1.82, 2.24) is 4.57 Å². The Labute approximate surface area is 341 Å². The molecule has 12 rings (SSSR count). The molecule has 0 unspecified atom stereocenters. The highest BCUT2D eigenvalue weighted by Crippen LogP contribution is 2.54. The van der Waals surface area contributed by atoms with Crippen LogP contribution in [0.1, 0.15) is 74.9 Å². The summed E-state index contributed by atoms with van der Waals surface area (Å²) in [5, 5.41) is 2.59. The lowest BCUT2D eigenvalue weighted by molar-refractivity contribution is 0.659. The Kier molecular flexibility index (Phi) is 6.60. The molecular weight excluding hydrogens is 699 g/mol. The van der Waals surface area contributed by atoms with E-state index < -0.39 is 0 Å². The lowest BCUT2D eigenvalue weighted by Crippen LogP contribution is -2.16. The van der Waals surface area contributed by atoms with Gasteiger partial charge in [0.05, 0.1) is 11.0 Å². The largest absolute Gasteiger partial charge is 0.309 e. The van der Waals surface area contributed by atoms with E-state index in [1.165, 1.54) is 117 Å². The first-order valence-corrected chi connectivity index (χ1v) is 20.8. The normalized spacial score (nSPS) is 15.8. The number of para-hydroxylation sites is 2. The average Bonchev–Trinajstić information content (AvgIpc) is 3.86. The molecule has 0 fully saturated rings. The second-order valence-electron chi connectivity index (χ2n) is 18.6.